The van der Waals surface area contributed by atoms with Gasteiger partial charge in [0.05, 0.1) is 16.5 Å². The van der Waals surface area contributed by atoms with E-state index in [1.54, 1.807) is 0 Å². The molecule has 1 aromatic carbocycles. The van der Waals surface area contributed by atoms with Gasteiger partial charge in [0.15, 0.2) is 0 Å². The first-order valence-corrected chi connectivity index (χ1v) is 9.87. The maximum atomic E-state index is 14.3. The van der Waals surface area contributed by atoms with Crippen LogP contribution in [0.15, 0.2) is 12.1 Å². The largest absolute Gasteiger partial charge is 0.389 e. The highest BCUT2D eigenvalue weighted by atomic mass is 19.1. The third-order valence-corrected chi connectivity index (χ3v) is 9.17. The third kappa shape index (κ3) is 1.44. The Morgan fingerprint density at radius 1 is 1.16 bits per heavy atom. The maximum Gasteiger partial charge on any atom is 0.217 e. The molecule has 6 rings (SSSR count). The summed E-state index contributed by atoms with van der Waals surface area (Å²) in [7, 11) is 0. The van der Waals surface area contributed by atoms with Crippen molar-refractivity contribution in [2.45, 2.75) is 69.8 Å². The Morgan fingerprint density at radius 3 is 2.76 bits per heavy atom. The molecule has 3 atom stereocenters. The number of aryl methyl sites for hydroxylation is 1. The molecular formula is C21H25FN2O. The number of fused-ring (bicyclic) bond motifs is 5. The second-order valence-electron chi connectivity index (χ2n) is 9.38. The Balaban J connectivity index is 1.52. The van der Waals surface area contributed by atoms with Crippen molar-refractivity contribution in [2.24, 2.45) is 16.7 Å². The summed E-state index contributed by atoms with van der Waals surface area (Å²) in [6, 6.07) is 4.20. The van der Waals surface area contributed by atoms with Gasteiger partial charge in [0.25, 0.3) is 0 Å². The number of hydrogen-bond donors (Lipinski definition) is 2. The van der Waals surface area contributed by atoms with Crippen molar-refractivity contribution in [3.8, 4) is 0 Å². The zero-order chi connectivity index (χ0) is 17.0. The number of nitrogens with one attached hydrogen (secondary N) is 1. The first-order valence-electron chi connectivity index (χ1n) is 9.87. The van der Waals surface area contributed by atoms with Crippen LogP contribution < -0.4 is 0 Å². The van der Waals surface area contributed by atoms with Gasteiger partial charge in [-0.25, -0.2) is 0 Å². The Bertz CT molecular complexity index is 895. The molecule has 1 aromatic heterocycles. The second kappa shape index (κ2) is 4.28. The minimum Gasteiger partial charge on any atom is -0.389 e. The standard InChI is InChI=1S/C21H25FN2O/c1-19-7-6-13-12-3-5-16-17(18(22)24-23-16)14(12)2-4-15(13)20(19)8-10-21(19,25)11-9-20/h3,5,13,15,25H,2,4,6-11H2,1H3,(H,23,24)/t13-,15-,19+,20?,21?/m1/s1. The molecule has 3 nitrogen and oxygen atoms in total. The molecule has 3 fully saturated rings. The summed E-state index contributed by atoms with van der Waals surface area (Å²) in [4.78, 5) is 0. The zero-order valence-electron chi connectivity index (χ0n) is 14.7. The van der Waals surface area contributed by atoms with Gasteiger partial charge < -0.3 is 5.11 Å². The second-order valence-corrected chi connectivity index (χ2v) is 9.38. The van der Waals surface area contributed by atoms with Crippen LogP contribution in [-0.2, 0) is 6.42 Å². The molecule has 0 saturated heterocycles. The molecule has 132 valence electrons. The van der Waals surface area contributed by atoms with E-state index in [0.717, 1.165) is 49.4 Å². The summed E-state index contributed by atoms with van der Waals surface area (Å²) < 4.78 is 14.3. The summed E-state index contributed by atoms with van der Waals surface area (Å²) in [5.74, 6) is 0.888. The highest BCUT2D eigenvalue weighted by Gasteiger charge is 2.73. The molecule has 0 aliphatic heterocycles. The predicted molar refractivity (Wildman–Crippen MR) is 93.8 cm³/mol. The van der Waals surface area contributed by atoms with Crippen LogP contribution in [0.2, 0.25) is 0 Å². The minimum atomic E-state index is -0.432. The number of aromatic nitrogens is 2. The summed E-state index contributed by atoms with van der Waals surface area (Å²) in [5.41, 5.74) is 3.26. The molecule has 4 aliphatic rings. The van der Waals surface area contributed by atoms with Crippen molar-refractivity contribution in [2.75, 3.05) is 0 Å². The van der Waals surface area contributed by atoms with Crippen LogP contribution in [0.25, 0.3) is 10.9 Å². The monoisotopic (exact) mass is 340 g/mol. The molecule has 4 aliphatic carbocycles. The predicted octanol–water partition coefficient (Wildman–Crippen LogP) is 4.45. The van der Waals surface area contributed by atoms with Crippen LogP contribution in [0.1, 0.15) is 68.9 Å². The number of aromatic amines is 1. The molecule has 0 amide bonds. The van der Waals surface area contributed by atoms with E-state index in [-0.39, 0.29) is 11.4 Å². The van der Waals surface area contributed by atoms with Crippen LogP contribution in [-0.4, -0.2) is 20.9 Å². The molecule has 0 radical (unpaired) electrons. The van der Waals surface area contributed by atoms with Gasteiger partial charge in [-0.2, -0.15) is 9.49 Å². The fraction of sp³-hybridized carbons (Fsp3) is 0.667. The number of H-pyrrole nitrogens is 1. The number of halogens is 1. The van der Waals surface area contributed by atoms with Gasteiger partial charge in [-0.05, 0) is 85.8 Å². The number of aliphatic hydroxyl groups is 1. The number of benzene rings is 1. The summed E-state index contributed by atoms with van der Waals surface area (Å²) in [6.45, 7) is 2.37. The van der Waals surface area contributed by atoms with Gasteiger partial charge >= 0.3 is 0 Å². The molecule has 0 spiro atoms. The van der Waals surface area contributed by atoms with Crippen LogP contribution in [0, 0.1) is 22.7 Å². The molecule has 3 saturated carbocycles. The van der Waals surface area contributed by atoms with E-state index in [2.05, 4.69) is 23.2 Å². The van der Waals surface area contributed by atoms with E-state index in [9.17, 15) is 9.50 Å². The van der Waals surface area contributed by atoms with E-state index in [1.807, 2.05) is 6.07 Å². The van der Waals surface area contributed by atoms with Gasteiger partial charge in [-0.1, -0.05) is 13.0 Å². The molecule has 25 heavy (non-hydrogen) atoms. The average Bonchev–Trinajstić information content (AvgIpc) is 3.19. The van der Waals surface area contributed by atoms with Gasteiger partial charge in [-0.15, -0.1) is 0 Å². The summed E-state index contributed by atoms with van der Waals surface area (Å²) >= 11 is 0. The van der Waals surface area contributed by atoms with Crippen molar-refractivity contribution < 1.29 is 9.50 Å². The molecule has 2 bridgehead atoms. The Kier molecular flexibility index (Phi) is 2.52. The van der Waals surface area contributed by atoms with Crippen molar-refractivity contribution in [1.82, 2.24) is 10.2 Å². The molecule has 2 N–H and O–H groups in total. The molecular weight excluding hydrogens is 315 g/mol. The van der Waals surface area contributed by atoms with Gasteiger partial charge in [-0.3, -0.25) is 5.10 Å². The van der Waals surface area contributed by atoms with Crippen LogP contribution in [0.3, 0.4) is 0 Å². The highest BCUT2D eigenvalue weighted by Crippen LogP contribution is 2.77. The van der Waals surface area contributed by atoms with Crippen molar-refractivity contribution >= 4 is 10.9 Å². The van der Waals surface area contributed by atoms with E-state index in [4.69, 9.17) is 0 Å². The highest BCUT2D eigenvalue weighted by molar-refractivity contribution is 5.84. The molecule has 4 heteroatoms. The molecule has 0 unspecified atom stereocenters. The van der Waals surface area contributed by atoms with E-state index in [1.165, 1.54) is 24.0 Å². The SMILES string of the molecule is C[C@]12CC[C@@H]3c4ccc5n[nH]c(F)c5c4CC[C@H]3C13CCC2(O)CC3. The van der Waals surface area contributed by atoms with Crippen LogP contribution >= 0.6 is 0 Å². The third-order valence-electron chi connectivity index (χ3n) is 9.17. The quantitative estimate of drug-likeness (QED) is 0.744. The van der Waals surface area contributed by atoms with Crippen molar-refractivity contribution in [3.05, 3.63) is 29.2 Å². The Morgan fingerprint density at radius 2 is 1.96 bits per heavy atom. The normalized spacial score (nSPS) is 44.6. The zero-order valence-corrected chi connectivity index (χ0v) is 14.7. The van der Waals surface area contributed by atoms with Crippen molar-refractivity contribution in [3.63, 3.8) is 0 Å². The van der Waals surface area contributed by atoms with Crippen LogP contribution in [0.4, 0.5) is 4.39 Å². The summed E-state index contributed by atoms with van der Waals surface area (Å²) in [6.07, 6.45) is 8.63. The molecule has 1 heterocycles. The summed E-state index contributed by atoms with van der Waals surface area (Å²) in [5, 5.41) is 18.6. The van der Waals surface area contributed by atoms with Gasteiger partial charge in [0, 0.05) is 5.41 Å². The smallest absolute Gasteiger partial charge is 0.217 e. The number of rotatable bonds is 0. The Hall–Kier alpha value is -1.42. The van der Waals surface area contributed by atoms with E-state index < -0.39 is 5.60 Å². The lowest BCUT2D eigenvalue weighted by molar-refractivity contribution is -0.101. The maximum absolute atomic E-state index is 14.3. The van der Waals surface area contributed by atoms with Gasteiger partial charge in [0.2, 0.25) is 5.95 Å². The van der Waals surface area contributed by atoms with Gasteiger partial charge in [0.1, 0.15) is 0 Å². The number of hydrogen-bond acceptors (Lipinski definition) is 2. The van der Waals surface area contributed by atoms with E-state index in [0.29, 0.717) is 17.3 Å². The lowest BCUT2D eigenvalue weighted by Gasteiger charge is -2.56. The average molecular weight is 340 g/mol. The fourth-order valence-corrected chi connectivity index (χ4v) is 7.89. The molecule has 2 aromatic rings. The first-order chi connectivity index (χ1) is 12.0. The van der Waals surface area contributed by atoms with Crippen LogP contribution in [0.5, 0.6) is 0 Å². The topological polar surface area (TPSA) is 48.9 Å². The first kappa shape index (κ1) is 14.7. The number of nitrogens with zero attached hydrogens (tertiary/aromatic N) is 1. The van der Waals surface area contributed by atoms with E-state index >= 15 is 0 Å². The fourth-order valence-electron chi connectivity index (χ4n) is 7.89. The minimum absolute atomic E-state index is 0.0870. The Labute approximate surface area is 147 Å². The van der Waals surface area contributed by atoms with Crippen molar-refractivity contribution in [1.29, 1.82) is 0 Å². The lowest BCUT2D eigenvalue weighted by Crippen LogP contribution is -2.51. The lowest BCUT2D eigenvalue weighted by atomic mass is 9.48.